The molecule has 2 aromatic carbocycles. The van der Waals surface area contributed by atoms with E-state index in [1.807, 2.05) is 6.92 Å². The van der Waals surface area contributed by atoms with Crippen LogP contribution in [-0.4, -0.2) is 29.2 Å². The molecule has 3 aliphatic heterocycles. The minimum atomic E-state index is -0.0215. The standard InChI is InChI=1S/C21H21ClN2O/c1-13(22)20-14-8-10-24(11-9-14)21(20)25-15-6-7-17-16-4-2-3-5-18(16)23-19(17)12-15/h2-7,12,14,21,23H,8-11H2,1H3. The maximum Gasteiger partial charge on any atom is 0.176 e. The average molecular weight is 353 g/mol. The van der Waals surface area contributed by atoms with Crippen molar-refractivity contribution in [1.29, 1.82) is 0 Å². The molecule has 6 rings (SSSR count). The molecular weight excluding hydrogens is 332 g/mol. The number of fused-ring (bicyclic) bond motifs is 6. The number of nitrogens with one attached hydrogen (secondary N) is 1. The zero-order valence-electron chi connectivity index (χ0n) is 14.3. The molecule has 128 valence electrons. The number of ether oxygens (including phenoxy) is 1. The fraction of sp³-hybridized carbons (Fsp3) is 0.333. The van der Waals surface area contributed by atoms with Gasteiger partial charge in [-0.3, -0.25) is 4.90 Å². The molecule has 1 unspecified atom stereocenters. The zero-order chi connectivity index (χ0) is 17.0. The minimum absolute atomic E-state index is 0.0215. The quantitative estimate of drug-likeness (QED) is 0.681. The number of nitrogens with zero attached hydrogens (tertiary/aromatic N) is 1. The van der Waals surface area contributed by atoms with Gasteiger partial charge in [-0.25, -0.2) is 0 Å². The van der Waals surface area contributed by atoms with Gasteiger partial charge in [-0.05, 0) is 43.9 Å². The molecule has 3 fully saturated rings. The third kappa shape index (κ3) is 2.45. The molecule has 0 radical (unpaired) electrons. The van der Waals surface area contributed by atoms with E-state index in [1.165, 1.54) is 29.2 Å². The third-order valence-electron chi connectivity index (χ3n) is 5.69. The van der Waals surface area contributed by atoms with E-state index in [0.29, 0.717) is 5.92 Å². The van der Waals surface area contributed by atoms with Crippen LogP contribution in [0.2, 0.25) is 0 Å². The largest absolute Gasteiger partial charge is 0.471 e. The molecule has 2 bridgehead atoms. The number of aromatic nitrogens is 1. The number of hydrogen-bond acceptors (Lipinski definition) is 2. The predicted octanol–water partition coefficient (Wildman–Crippen LogP) is 5.26. The van der Waals surface area contributed by atoms with Crippen LogP contribution < -0.4 is 4.74 Å². The normalized spacial score (nSPS) is 27.8. The Kier molecular flexibility index (Phi) is 3.54. The summed E-state index contributed by atoms with van der Waals surface area (Å²) in [5.41, 5.74) is 3.55. The Morgan fingerprint density at radius 1 is 1.08 bits per heavy atom. The van der Waals surface area contributed by atoms with Crippen molar-refractivity contribution in [3.05, 3.63) is 53.1 Å². The smallest absolute Gasteiger partial charge is 0.176 e. The second-order valence-corrected chi connectivity index (χ2v) is 7.71. The number of H-pyrrole nitrogens is 1. The van der Waals surface area contributed by atoms with Crippen LogP contribution in [0.15, 0.2) is 53.1 Å². The molecule has 4 heterocycles. The van der Waals surface area contributed by atoms with E-state index in [1.54, 1.807) is 0 Å². The highest BCUT2D eigenvalue weighted by atomic mass is 35.5. The molecule has 3 aromatic rings. The van der Waals surface area contributed by atoms with Gasteiger partial charge in [-0.15, -0.1) is 0 Å². The highest BCUT2D eigenvalue weighted by Crippen LogP contribution is 2.40. The summed E-state index contributed by atoms with van der Waals surface area (Å²) in [6, 6.07) is 14.7. The van der Waals surface area contributed by atoms with E-state index in [9.17, 15) is 0 Å². The molecule has 0 aliphatic carbocycles. The minimum Gasteiger partial charge on any atom is -0.471 e. The number of halogens is 1. The second-order valence-electron chi connectivity index (χ2n) is 7.15. The lowest BCUT2D eigenvalue weighted by atomic mass is 9.82. The summed E-state index contributed by atoms with van der Waals surface area (Å²) < 4.78 is 6.43. The second kappa shape index (κ2) is 5.79. The van der Waals surface area contributed by atoms with Gasteiger partial charge in [0.2, 0.25) is 0 Å². The van der Waals surface area contributed by atoms with Crippen LogP contribution in [0.1, 0.15) is 19.8 Å². The average Bonchev–Trinajstić information content (AvgIpc) is 3.00. The fourth-order valence-corrected chi connectivity index (χ4v) is 4.72. The van der Waals surface area contributed by atoms with Crippen molar-refractivity contribution in [2.75, 3.05) is 13.1 Å². The fourth-order valence-electron chi connectivity index (χ4n) is 4.47. The van der Waals surface area contributed by atoms with Crippen molar-refractivity contribution in [1.82, 2.24) is 9.88 Å². The Bertz CT molecular complexity index is 978. The topological polar surface area (TPSA) is 28.3 Å². The zero-order valence-corrected chi connectivity index (χ0v) is 15.0. The molecule has 0 spiro atoms. The van der Waals surface area contributed by atoms with Crippen molar-refractivity contribution < 1.29 is 4.74 Å². The van der Waals surface area contributed by atoms with Crippen molar-refractivity contribution in [3.8, 4) is 5.75 Å². The van der Waals surface area contributed by atoms with Gasteiger partial charge in [0.15, 0.2) is 6.23 Å². The lowest BCUT2D eigenvalue weighted by molar-refractivity contribution is -0.0137. The van der Waals surface area contributed by atoms with Crippen LogP contribution >= 0.6 is 11.6 Å². The Hall–Kier alpha value is -1.97. The van der Waals surface area contributed by atoms with E-state index in [4.69, 9.17) is 16.3 Å². The van der Waals surface area contributed by atoms with Gasteiger partial charge in [-0.1, -0.05) is 29.8 Å². The number of piperidine rings is 3. The summed E-state index contributed by atoms with van der Waals surface area (Å²) >= 11 is 6.43. The molecule has 1 N–H and O–H groups in total. The third-order valence-corrected chi connectivity index (χ3v) is 5.91. The summed E-state index contributed by atoms with van der Waals surface area (Å²) in [6.07, 6.45) is 2.37. The Morgan fingerprint density at radius 2 is 1.84 bits per heavy atom. The van der Waals surface area contributed by atoms with E-state index in [2.05, 4.69) is 52.3 Å². The monoisotopic (exact) mass is 352 g/mol. The summed E-state index contributed by atoms with van der Waals surface area (Å²) in [5, 5.41) is 3.38. The van der Waals surface area contributed by atoms with Crippen molar-refractivity contribution in [3.63, 3.8) is 0 Å². The maximum absolute atomic E-state index is 6.43. The Labute approximate surface area is 152 Å². The molecule has 1 aromatic heterocycles. The number of hydrogen-bond donors (Lipinski definition) is 1. The van der Waals surface area contributed by atoms with Crippen LogP contribution in [0.4, 0.5) is 0 Å². The highest BCUT2D eigenvalue weighted by molar-refractivity contribution is 6.29. The number of rotatable bonds is 2. The van der Waals surface area contributed by atoms with Gasteiger partial charge in [0.05, 0.1) is 5.52 Å². The highest BCUT2D eigenvalue weighted by Gasteiger charge is 2.40. The molecule has 0 amide bonds. The number of allylic oxidation sites excluding steroid dienone is 1. The van der Waals surface area contributed by atoms with Gasteiger partial charge < -0.3 is 9.72 Å². The lowest BCUT2D eigenvalue weighted by Gasteiger charge is -2.47. The molecule has 1 atom stereocenters. The summed E-state index contributed by atoms with van der Waals surface area (Å²) in [6.45, 7) is 4.19. The van der Waals surface area contributed by atoms with Crippen LogP contribution in [0.3, 0.4) is 0 Å². The predicted molar refractivity (Wildman–Crippen MR) is 103 cm³/mol. The Morgan fingerprint density at radius 3 is 2.64 bits per heavy atom. The van der Waals surface area contributed by atoms with Crippen molar-refractivity contribution >= 4 is 33.4 Å². The van der Waals surface area contributed by atoms with Gasteiger partial charge >= 0.3 is 0 Å². The maximum atomic E-state index is 6.43. The van der Waals surface area contributed by atoms with Crippen molar-refractivity contribution in [2.45, 2.75) is 26.0 Å². The number of benzene rings is 2. The van der Waals surface area contributed by atoms with E-state index >= 15 is 0 Å². The first kappa shape index (κ1) is 15.3. The van der Waals surface area contributed by atoms with Gasteiger partial charge in [0, 0.05) is 46.1 Å². The summed E-state index contributed by atoms with van der Waals surface area (Å²) in [7, 11) is 0. The van der Waals surface area contributed by atoms with E-state index < -0.39 is 0 Å². The molecule has 25 heavy (non-hydrogen) atoms. The summed E-state index contributed by atoms with van der Waals surface area (Å²) in [4.78, 5) is 5.91. The van der Waals surface area contributed by atoms with Gasteiger partial charge in [0.1, 0.15) is 5.75 Å². The van der Waals surface area contributed by atoms with Gasteiger partial charge in [-0.2, -0.15) is 0 Å². The SMILES string of the molecule is CC(Cl)=C1C2CCN(CC2)C1Oc1ccc2c(c1)[nH]c1ccccc12. The van der Waals surface area contributed by atoms with Crippen LogP contribution in [0, 0.1) is 5.92 Å². The molecule has 3 nitrogen and oxygen atoms in total. The van der Waals surface area contributed by atoms with Crippen LogP contribution in [-0.2, 0) is 0 Å². The summed E-state index contributed by atoms with van der Waals surface area (Å²) in [5.74, 6) is 1.47. The first-order valence-electron chi connectivity index (χ1n) is 8.98. The van der Waals surface area contributed by atoms with E-state index in [-0.39, 0.29) is 6.23 Å². The lowest BCUT2D eigenvalue weighted by Crippen LogP contribution is -2.53. The Balaban J connectivity index is 1.53. The van der Waals surface area contributed by atoms with Crippen LogP contribution in [0.5, 0.6) is 5.75 Å². The first-order valence-corrected chi connectivity index (χ1v) is 9.36. The van der Waals surface area contributed by atoms with Gasteiger partial charge in [0.25, 0.3) is 0 Å². The first-order chi connectivity index (χ1) is 12.2. The van der Waals surface area contributed by atoms with E-state index in [0.717, 1.165) is 34.9 Å². The number of aromatic amines is 1. The number of para-hydroxylation sites is 1. The molecule has 3 saturated heterocycles. The molecular formula is C21H21ClN2O. The van der Waals surface area contributed by atoms with Crippen LogP contribution in [0.25, 0.3) is 21.8 Å². The molecule has 3 aliphatic rings. The van der Waals surface area contributed by atoms with Crippen molar-refractivity contribution in [2.24, 2.45) is 5.92 Å². The molecule has 0 saturated carbocycles. The molecule has 4 heteroatoms.